The maximum Gasteiger partial charge on any atom is 0.500 e. The molecule has 1 aliphatic rings. The van der Waals surface area contributed by atoms with Crippen molar-refractivity contribution in [3.05, 3.63) is 28.2 Å². The van der Waals surface area contributed by atoms with Crippen LogP contribution < -0.4 is 4.72 Å². The molecule has 2 rings (SSSR count). The lowest BCUT2D eigenvalue weighted by Crippen LogP contribution is -2.54. The van der Waals surface area contributed by atoms with E-state index in [2.05, 4.69) is 20.7 Å². The van der Waals surface area contributed by atoms with E-state index in [-0.39, 0.29) is 0 Å². The summed E-state index contributed by atoms with van der Waals surface area (Å²) in [5, 5.41) is -1.46. The normalized spacial score (nSPS) is 19.2. The number of aryl methyl sites for hydroxylation is 1. The van der Waals surface area contributed by atoms with E-state index < -0.39 is 27.2 Å². The Morgan fingerprint density at radius 2 is 1.95 bits per heavy atom. The summed E-state index contributed by atoms with van der Waals surface area (Å²) >= 11 is 3.30. The van der Waals surface area contributed by atoms with Crippen LogP contribution in [0.4, 0.5) is 10.5 Å². The van der Waals surface area contributed by atoms with Gasteiger partial charge in [-0.05, 0) is 30.7 Å². The third-order valence-electron chi connectivity index (χ3n) is 3.30. The number of sulfonamides is 1. The van der Waals surface area contributed by atoms with Crippen LogP contribution in [0.1, 0.15) is 5.56 Å². The van der Waals surface area contributed by atoms with Crippen molar-refractivity contribution >= 4 is 49.8 Å². The van der Waals surface area contributed by atoms with Crippen LogP contribution in [0.5, 0.6) is 0 Å². The van der Waals surface area contributed by atoms with Crippen molar-refractivity contribution in [2.45, 2.75) is 12.2 Å². The van der Waals surface area contributed by atoms with Gasteiger partial charge < -0.3 is 0 Å². The lowest BCUT2D eigenvalue weighted by atomic mass is 10.2. The standard InChI is InChI=1S/C13H15BrN3O4S/c1-8-6-9(14)4-5-10(8)15-22(20,21)11-7-16(2)13(19)17(3)12(11)18/h4-7,11,15H,1-3H3/q+1. The van der Waals surface area contributed by atoms with Gasteiger partial charge in [0.25, 0.3) is 10.0 Å². The van der Waals surface area contributed by atoms with Crippen LogP contribution in [-0.2, 0) is 14.8 Å². The Labute approximate surface area is 136 Å². The number of rotatable bonds is 3. The third kappa shape index (κ3) is 3.05. The average molecular weight is 389 g/mol. The average Bonchev–Trinajstić information content (AvgIpc) is 2.43. The van der Waals surface area contributed by atoms with Gasteiger partial charge in [-0.2, -0.15) is 9.69 Å². The number of hydrogen-bond donors (Lipinski definition) is 1. The minimum absolute atomic E-state index is 0.381. The number of nitrogens with zero attached hydrogens (tertiary/aromatic N) is 2. The molecule has 118 valence electrons. The van der Waals surface area contributed by atoms with Crippen molar-refractivity contribution in [1.29, 1.82) is 0 Å². The van der Waals surface area contributed by atoms with Crippen molar-refractivity contribution in [3.63, 3.8) is 0 Å². The maximum atomic E-state index is 12.5. The Hall–Kier alpha value is -1.74. The van der Waals surface area contributed by atoms with Gasteiger partial charge in [-0.15, -0.1) is 0 Å². The number of amides is 3. The molecule has 0 spiro atoms. The second-order valence-electron chi connectivity index (χ2n) is 4.97. The number of halogens is 1. The Morgan fingerprint density at radius 1 is 1.32 bits per heavy atom. The van der Waals surface area contributed by atoms with E-state index in [0.29, 0.717) is 11.3 Å². The van der Waals surface area contributed by atoms with Crippen molar-refractivity contribution in [2.75, 3.05) is 18.8 Å². The highest BCUT2D eigenvalue weighted by Gasteiger charge is 2.46. The van der Waals surface area contributed by atoms with Gasteiger partial charge in [0.15, 0.2) is 0 Å². The zero-order valence-electron chi connectivity index (χ0n) is 12.2. The van der Waals surface area contributed by atoms with Crippen LogP contribution in [0.15, 0.2) is 22.7 Å². The van der Waals surface area contributed by atoms with Crippen molar-refractivity contribution in [1.82, 2.24) is 4.90 Å². The molecule has 1 N–H and O–H groups in total. The smallest absolute Gasteiger partial charge is 0.282 e. The first-order valence-corrected chi connectivity index (χ1v) is 8.64. The minimum atomic E-state index is -4.02. The van der Waals surface area contributed by atoms with Gasteiger partial charge in [0.2, 0.25) is 5.25 Å². The van der Waals surface area contributed by atoms with Crippen LogP contribution in [0.25, 0.3) is 0 Å². The van der Waals surface area contributed by atoms with Crippen LogP contribution >= 0.6 is 15.9 Å². The van der Waals surface area contributed by atoms with Crippen LogP contribution in [-0.4, -0.2) is 55.4 Å². The van der Waals surface area contributed by atoms with Crippen LogP contribution in [0.3, 0.4) is 0 Å². The van der Waals surface area contributed by atoms with Gasteiger partial charge in [0.1, 0.15) is 6.21 Å². The molecule has 0 aromatic heterocycles. The van der Waals surface area contributed by atoms with Crippen LogP contribution in [0.2, 0.25) is 0 Å². The summed E-state index contributed by atoms with van der Waals surface area (Å²) in [4.78, 5) is 24.5. The molecule has 0 radical (unpaired) electrons. The van der Waals surface area contributed by atoms with Gasteiger partial charge in [-0.1, -0.05) is 15.9 Å². The van der Waals surface area contributed by atoms with Gasteiger partial charge in [-0.25, -0.2) is 17.8 Å². The first kappa shape index (κ1) is 16.6. The molecule has 7 nitrogen and oxygen atoms in total. The number of carbonyl (C=O) groups excluding carboxylic acids is 2. The molecule has 0 bridgehead atoms. The number of urea groups is 1. The second-order valence-corrected chi connectivity index (χ2v) is 7.68. The highest BCUT2D eigenvalue weighted by atomic mass is 79.9. The summed E-state index contributed by atoms with van der Waals surface area (Å²) in [7, 11) is -1.36. The highest BCUT2D eigenvalue weighted by Crippen LogP contribution is 2.22. The molecule has 9 heteroatoms. The zero-order valence-corrected chi connectivity index (χ0v) is 14.6. The van der Waals surface area contributed by atoms with E-state index in [0.717, 1.165) is 20.2 Å². The quantitative estimate of drug-likeness (QED) is 0.787. The number of hydrogen-bond acceptors (Lipinski definition) is 4. The maximum absolute atomic E-state index is 12.5. The summed E-state index contributed by atoms with van der Waals surface area (Å²) in [6.45, 7) is 1.75. The number of nitrogens with one attached hydrogen (secondary N) is 1. The van der Waals surface area contributed by atoms with E-state index in [4.69, 9.17) is 0 Å². The molecule has 1 aromatic rings. The lowest BCUT2D eigenvalue weighted by Gasteiger charge is -2.20. The van der Waals surface area contributed by atoms with Crippen LogP contribution in [0, 0.1) is 6.92 Å². The Kier molecular flexibility index (Phi) is 4.39. The molecule has 1 atom stereocenters. The molecule has 0 fully saturated rings. The number of benzene rings is 1. The van der Waals surface area contributed by atoms with Crippen molar-refractivity contribution in [2.24, 2.45) is 0 Å². The molecule has 22 heavy (non-hydrogen) atoms. The molecule has 0 aliphatic carbocycles. The fraction of sp³-hybridized carbons (Fsp3) is 0.308. The number of carbonyl (C=O) groups is 2. The van der Waals surface area contributed by atoms with Gasteiger partial charge >= 0.3 is 11.9 Å². The van der Waals surface area contributed by atoms with E-state index in [9.17, 15) is 18.0 Å². The zero-order chi connectivity index (χ0) is 16.7. The topological polar surface area (TPSA) is 86.6 Å². The molecule has 1 aromatic carbocycles. The molecule has 1 unspecified atom stereocenters. The van der Waals surface area contributed by atoms with Gasteiger partial charge in [0.05, 0.1) is 19.8 Å². The molecule has 0 saturated heterocycles. The van der Waals surface area contributed by atoms with Gasteiger partial charge in [-0.3, -0.25) is 4.72 Å². The Morgan fingerprint density at radius 3 is 2.55 bits per heavy atom. The summed E-state index contributed by atoms with van der Waals surface area (Å²) in [6.07, 6.45) is 1.10. The highest BCUT2D eigenvalue weighted by molar-refractivity contribution is 9.10. The molecular formula is C13H15BrN3O4S+. The predicted octanol–water partition coefficient (Wildman–Crippen LogP) is 1.17. The Bertz CT molecular complexity index is 788. The molecule has 1 heterocycles. The fourth-order valence-corrected chi connectivity index (χ4v) is 3.93. The predicted molar refractivity (Wildman–Crippen MR) is 85.6 cm³/mol. The second kappa shape index (κ2) is 5.81. The minimum Gasteiger partial charge on any atom is -0.282 e. The van der Waals surface area contributed by atoms with E-state index >= 15 is 0 Å². The van der Waals surface area contributed by atoms with Gasteiger partial charge in [0, 0.05) is 4.47 Å². The molecule has 0 saturated carbocycles. The number of imide groups is 1. The third-order valence-corrected chi connectivity index (χ3v) is 5.29. The largest absolute Gasteiger partial charge is 0.500 e. The molecular weight excluding hydrogens is 374 g/mol. The van der Waals surface area contributed by atoms with E-state index in [1.807, 2.05) is 0 Å². The fourth-order valence-electron chi connectivity index (χ4n) is 2.02. The molecule has 1 aliphatic heterocycles. The van der Waals surface area contributed by atoms with Crippen molar-refractivity contribution in [3.8, 4) is 0 Å². The lowest BCUT2D eigenvalue weighted by molar-refractivity contribution is -0.399. The van der Waals surface area contributed by atoms with Crippen molar-refractivity contribution < 1.29 is 22.6 Å². The first-order valence-electron chi connectivity index (χ1n) is 6.30. The summed E-state index contributed by atoms with van der Waals surface area (Å²) < 4.78 is 29.2. The summed E-state index contributed by atoms with van der Waals surface area (Å²) in [5.41, 5.74) is 1.09. The number of anilines is 1. The first-order chi connectivity index (χ1) is 10.1. The van der Waals surface area contributed by atoms with E-state index in [1.165, 1.54) is 14.1 Å². The van der Waals surface area contributed by atoms with E-state index in [1.54, 1.807) is 25.1 Å². The Balaban J connectivity index is 2.38. The summed E-state index contributed by atoms with van der Waals surface area (Å²) in [6, 6.07) is 4.48. The SMILES string of the molecule is Cc1cc(Br)ccc1NS(=O)(=O)C1C=[N+](C)C(=O)N(C)C1=O. The summed E-state index contributed by atoms with van der Waals surface area (Å²) in [5.74, 6) is -0.787. The monoisotopic (exact) mass is 388 g/mol. The molecule has 3 amide bonds.